The molecule has 0 aliphatic heterocycles. The van der Waals surface area contributed by atoms with Crippen LogP contribution in [0.15, 0.2) is 30.2 Å². The van der Waals surface area contributed by atoms with Crippen molar-refractivity contribution in [2.45, 2.75) is 6.10 Å². The van der Waals surface area contributed by atoms with Crippen molar-refractivity contribution in [2.24, 2.45) is 0 Å². The highest BCUT2D eigenvalue weighted by Gasteiger charge is 2.21. The smallest absolute Gasteiger partial charge is 0.141 e. The number of methoxy groups -OCH3 is 1. The lowest BCUT2D eigenvalue weighted by molar-refractivity contribution is 0.214. The van der Waals surface area contributed by atoms with Gasteiger partial charge in [-0.2, -0.15) is 0 Å². The van der Waals surface area contributed by atoms with Crippen molar-refractivity contribution in [3.63, 3.8) is 0 Å². The molecule has 2 aromatic rings. The van der Waals surface area contributed by atoms with Gasteiger partial charge in [-0.15, -0.1) is 11.3 Å². The zero-order chi connectivity index (χ0) is 14.2. The Kier molecular flexibility index (Phi) is 5.05. The average molecular weight is 475 g/mol. The molecule has 1 N–H and O–H groups in total. The van der Waals surface area contributed by atoms with E-state index in [4.69, 9.17) is 4.74 Å². The van der Waals surface area contributed by atoms with Crippen molar-refractivity contribution in [3.05, 3.63) is 47.2 Å². The molecular formula is C12H8Br3FO2S. The summed E-state index contributed by atoms with van der Waals surface area (Å²) in [6.07, 6.45) is -0.899. The predicted molar refractivity (Wildman–Crippen MR) is 84.4 cm³/mol. The van der Waals surface area contributed by atoms with Gasteiger partial charge in [-0.05, 0) is 59.9 Å². The number of thiophene rings is 1. The summed E-state index contributed by atoms with van der Waals surface area (Å²) in [4.78, 5) is 0. The predicted octanol–water partition coefficient (Wildman–Crippen LogP) is 5.27. The summed E-state index contributed by atoms with van der Waals surface area (Å²) < 4.78 is 20.6. The first-order valence-corrected chi connectivity index (χ1v) is 8.29. The number of benzene rings is 1. The van der Waals surface area contributed by atoms with E-state index in [0.717, 1.165) is 7.57 Å². The van der Waals surface area contributed by atoms with Crippen LogP contribution in [0.1, 0.15) is 17.2 Å². The van der Waals surface area contributed by atoms with E-state index in [9.17, 15) is 9.50 Å². The number of ether oxygens (including phenoxy) is 1. The Labute approximate surface area is 139 Å². The first kappa shape index (κ1) is 15.4. The topological polar surface area (TPSA) is 29.5 Å². The van der Waals surface area contributed by atoms with E-state index in [0.29, 0.717) is 16.9 Å². The third-order valence-corrected chi connectivity index (χ3v) is 5.54. The van der Waals surface area contributed by atoms with E-state index in [-0.39, 0.29) is 4.47 Å². The van der Waals surface area contributed by atoms with E-state index in [1.165, 1.54) is 30.6 Å². The van der Waals surface area contributed by atoms with Gasteiger partial charge in [0.1, 0.15) is 17.7 Å². The molecule has 0 fully saturated rings. The highest BCUT2D eigenvalue weighted by Crippen LogP contribution is 2.41. The fourth-order valence-corrected chi connectivity index (χ4v) is 4.89. The van der Waals surface area contributed by atoms with Crippen LogP contribution in [0.5, 0.6) is 5.75 Å². The van der Waals surface area contributed by atoms with Crippen molar-refractivity contribution < 1.29 is 14.2 Å². The summed E-state index contributed by atoms with van der Waals surface area (Å²) in [5.41, 5.74) is 1.20. The number of aliphatic hydroxyl groups excluding tert-OH is 1. The number of halogens is 4. The van der Waals surface area contributed by atoms with Gasteiger partial charge in [0.25, 0.3) is 0 Å². The van der Waals surface area contributed by atoms with Crippen LogP contribution in [-0.2, 0) is 0 Å². The molecule has 0 aliphatic carbocycles. The van der Waals surface area contributed by atoms with Crippen molar-refractivity contribution in [1.82, 2.24) is 0 Å². The molecule has 7 heteroatoms. The third kappa shape index (κ3) is 3.21. The molecule has 0 saturated carbocycles. The summed E-state index contributed by atoms with van der Waals surface area (Å²) in [5.74, 6) is -0.124. The monoisotopic (exact) mass is 472 g/mol. The lowest BCUT2D eigenvalue weighted by Crippen LogP contribution is -2.03. The molecule has 1 atom stereocenters. The van der Waals surface area contributed by atoms with Crippen LogP contribution >= 0.6 is 59.1 Å². The minimum absolute atomic E-state index is 0.285. The second-order valence-electron chi connectivity index (χ2n) is 3.69. The largest absolute Gasteiger partial charge is 0.496 e. The maximum Gasteiger partial charge on any atom is 0.141 e. The van der Waals surface area contributed by atoms with E-state index in [2.05, 4.69) is 47.8 Å². The number of aliphatic hydroxyl groups is 1. The Hall–Kier alpha value is 0.0500. The Morgan fingerprint density at radius 1 is 1.21 bits per heavy atom. The minimum Gasteiger partial charge on any atom is -0.496 e. The fourth-order valence-electron chi connectivity index (χ4n) is 1.64. The minimum atomic E-state index is -0.899. The zero-order valence-electron chi connectivity index (χ0n) is 9.58. The van der Waals surface area contributed by atoms with Gasteiger partial charge in [-0.1, -0.05) is 0 Å². The lowest BCUT2D eigenvalue weighted by atomic mass is 10.0. The molecule has 1 aromatic carbocycles. The Morgan fingerprint density at radius 3 is 2.42 bits per heavy atom. The van der Waals surface area contributed by atoms with Crippen molar-refractivity contribution in [2.75, 3.05) is 7.11 Å². The van der Waals surface area contributed by atoms with E-state index in [1.807, 2.05) is 6.07 Å². The zero-order valence-corrected chi connectivity index (χ0v) is 15.2. The molecule has 1 heterocycles. The second kappa shape index (κ2) is 6.22. The van der Waals surface area contributed by atoms with Crippen LogP contribution < -0.4 is 4.74 Å². The van der Waals surface area contributed by atoms with Crippen LogP contribution in [0.2, 0.25) is 0 Å². The quantitative estimate of drug-likeness (QED) is 0.657. The molecule has 0 saturated heterocycles. The van der Waals surface area contributed by atoms with Gasteiger partial charge in [0, 0.05) is 17.2 Å². The fraction of sp³-hybridized carbons (Fsp3) is 0.167. The normalized spacial score (nSPS) is 12.5. The summed E-state index contributed by atoms with van der Waals surface area (Å²) >= 11 is 11.3. The van der Waals surface area contributed by atoms with Crippen LogP contribution in [0.25, 0.3) is 0 Å². The van der Waals surface area contributed by atoms with E-state index < -0.39 is 11.9 Å². The molecule has 102 valence electrons. The number of hydrogen-bond acceptors (Lipinski definition) is 3. The average Bonchev–Trinajstić information content (AvgIpc) is 2.70. The summed E-state index contributed by atoms with van der Waals surface area (Å²) in [5, 5.41) is 10.4. The molecule has 1 unspecified atom stereocenters. The molecule has 19 heavy (non-hydrogen) atoms. The number of hydrogen-bond donors (Lipinski definition) is 1. The molecular weight excluding hydrogens is 467 g/mol. The number of rotatable bonds is 3. The molecule has 2 nitrogen and oxygen atoms in total. The maximum atomic E-state index is 13.5. The standard InChI is InChI=1S/C12H8Br3FO2S/c1-18-9-4-8(16)7(13)2-5(9)11(17)6-3-10(14)19-12(6)15/h2-4,11,17H,1H3. The third-order valence-electron chi connectivity index (χ3n) is 2.54. The maximum absolute atomic E-state index is 13.5. The highest BCUT2D eigenvalue weighted by molar-refractivity contribution is 9.12. The van der Waals surface area contributed by atoms with Crippen LogP contribution in [0.4, 0.5) is 4.39 Å². The Balaban J connectivity index is 2.52. The molecule has 1 aromatic heterocycles. The first-order valence-electron chi connectivity index (χ1n) is 5.09. The molecule has 2 rings (SSSR count). The second-order valence-corrected chi connectivity index (χ2v) is 8.29. The van der Waals surface area contributed by atoms with Crippen molar-refractivity contribution in [1.29, 1.82) is 0 Å². The van der Waals surface area contributed by atoms with Gasteiger partial charge in [0.15, 0.2) is 0 Å². The van der Waals surface area contributed by atoms with Crippen molar-refractivity contribution >= 4 is 59.1 Å². The van der Waals surface area contributed by atoms with Crippen LogP contribution in [-0.4, -0.2) is 12.2 Å². The molecule has 0 radical (unpaired) electrons. The van der Waals surface area contributed by atoms with Gasteiger partial charge in [0.05, 0.1) is 19.2 Å². The van der Waals surface area contributed by atoms with Gasteiger partial charge < -0.3 is 9.84 Å². The van der Waals surface area contributed by atoms with E-state index in [1.54, 1.807) is 0 Å². The summed E-state index contributed by atoms with van der Waals surface area (Å²) in [6, 6.07) is 4.59. The molecule has 0 bridgehead atoms. The molecule has 0 aliphatic rings. The van der Waals surface area contributed by atoms with Gasteiger partial charge in [0.2, 0.25) is 0 Å². The van der Waals surface area contributed by atoms with Crippen LogP contribution in [0.3, 0.4) is 0 Å². The Bertz CT molecular complexity index is 615. The Morgan fingerprint density at radius 2 is 1.89 bits per heavy atom. The highest BCUT2D eigenvalue weighted by atomic mass is 79.9. The van der Waals surface area contributed by atoms with Crippen molar-refractivity contribution in [3.8, 4) is 5.75 Å². The molecule has 0 amide bonds. The van der Waals surface area contributed by atoms with Gasteiger partial charge in [-0.25, -0.2) is 4.39 Å². The summed E-state index contributed by atoms with van der Waals surface area (Å²) in [6.45, 7) is 0. The van der Waals surface area contributed by atoms with Gasteiger partial charge >= 0.3 is 0 Å². The van der Waals surface area contributed by atoms with E-state index >= 15 is 0 Å². The first-order chi connectivity index (χ1) is 8.93. The molecule has 0 spiro atoms. The van der Waals surface area contributed by atoms with Gasteiger partial charge in [-0.3, -0.25) is 0 Å². The summed E-state index contributed by atoms with van der Waals surface area (Å²) in [7, 11) is 1.44. The SMILES string of the molecule is COc1cc(F)c(Br)cc1C(O)c1cc(Br)sc1Br. The van der Waals surface area contributed by atoms with Crippen LogP contribution in [0, 0.1) is 5.82 Å². The lowest BCUT2D eigenvalue weighted by Gasteiger charge is -2.15.